The van der Waals surface area contributed by atoms with Gasteiger partial charge in [0.15, 0.2) is 0 Å². The Bertz CT molecular complexity index is 881. The van der Waals surface area contributed by atoms with Crippen LogP contribution in [0.4, 0.5) is 0 Å². The third-order valence-electron chi connectivity index (χ3n) is 3.12. The predicted octanol–water partition coefficient (Wildman–Crippen LogP) is 5.04. The van der Waals surface area contributed by atoms with Crippen LogP contribution in [-0.4, -0.2) is 8.42 Å². The highest BCUT2D eigenvalue weighted by molar-refractivity contribution is 8.01. The van der Waals surface area contributed by atoms with Gasteiger partial charge in [-0.1, -0.05) is 47.7 Å². The van der Waals surface area contributed by atoms with Gasteiger partial charge in [-0.25, -0.2) is 8.42 Å². The standard InChI is InChI=1S/C17H14O2S3/c1-13-6-5-7-14(10-13)21-17-11-16(12-20-17)22(18,19)15-8-3-2-4-9-15/h2-12H,1H3. The molecule has 0 unspecified atom stereocenters. The van der Waals surface area contributed by atoms with Gasteiger partial charge in [0.25, 0.3) is 0 Å². The van der Waals surface area contributed by atoms with Crippen LogP contribution in [-0.2, 0) is 9.84 Å². The molecule has 0 saturated heterocycles. The summed E-state index contributed by atoms with van der Waals surface area (Å²) in [6.45, 7) is 2.05. The van der Waals surface area contributed by atoms with Crippen LogP contribution in [0.25, 0.3) is 0 Å². The predicted molar refractivity (Wildman–Crippen MR) is 91.5 cm³/mol. The van der Waals surface area contributed by atoms with Crippen LogP contribution < -0.4 is 0 Å². The molecule has 2 nitrogen and oxygen atoms in total. The monoisotopic (exact) mass is 346 g/mol. The Labute approximate surface area is 138 Å². The zero-order valence-electron chi connectivity index (χ0n) is 11.9. The number of benzene rings is 2. The van der Waals surface area contributed by atoms with Crippen molar-refractivity contribution in [3.05, 3.63) is 71.6 Å². The van der Waals surface area contributed by atoms with E-state index in [4.69, 9.17) is 0 Å². The summed E-state index contributed by atoms with van der Waals surface area (Å²) in [5.41, 5.74) is 1.19. The van der Waals surface area contributed by atoms with Crippen LogP contribution in [0.2, 0.25) is 0 Å². The lowest BCUT2D eigenvalue weighted by Crippen LogP contribution is -1.99. The Morgan fingerprint density at radius 3 is 2.41 bits per heavy atom. The molecule has 0 spiro atoms. The molecule has 0 fully saturated rings. The number of thiophene rings is 1. The molecule has 22 heavy (non-hydrogen) atoms. The number of aryl methyl sites for hydroxylation is 1. The van der Waals surface area contributed by atoms with Gasteiger partial charge in [-0.3, -0.25) is 0 Å². The molecule has 0 amide bonds. The minimum absolute atomic E-state index is 0.333. The topological polar surface area (TPSA) is 34.1 Å². The Morgan fingerprint density at radius 2 is 1.68 bits per heavy atom. The molecule has 112 valence electrons. The van der Waals surface area contributed by atoms with Crippen LogP contribution in [0.3, 0.4) is 0 Å². The number of hydrogen-bond acceptors (Lipinski definition) is 4. The Balaban J connectivity index is 1.88. The highest BCUT2D eigenvalue weighted by atomic mass is 32.2. The molecule has 0 saturated carbocycles. The molecule has 1 aromatic heterocycles. The summed E-state index contributed by atoms with van der Waals surface area (Å²) in [6, 6.07) is 18.5. The number of hydrogen-bond donors (Lipinski definition) is 0. The second-order valence-electron chi connectivity index (χ2n) is 4.84. The molecule has 0 aliphatic carbocycles. The summed E-state index contributed by atoms with van der Waals surface area (Å²) >= 11 is 3.04. The van der Waals surface area contributed by atoms with E-state index in [1.54, 1.807) is 47.5 Å². The van der Waals surface area contributed by atoms with Gasteiger partial charge < -0.3 is 0 Å². The van der Waals surface area contributed by atoms with Crippen molar-refractivity contribution in [2.45, 2.75) is 25.8 Å². The second kappa shape index (κ2) is 6.28. The van der Waals surface area contributed by atoms with E-state index in [2.05, 4.69) is 6.07 Å². The van der Waals surface area contributed by atoms with Crippen molar-refractivity contribution < 1.29 is 8.42 Å². The third-order valence-corrected chi connectivity index (χ3v) is 7.09. The number of sulfone groups is 1. The molecule has 5 heteroatoms. The van der Waals surface area contributed by atoms with Crippen LogP contribution in [0.5, 0.6) is 0 Å². The minimum atomic E-state index is -3.42. The van der Waals surface area contributed by atoms with E-state index in [9.17, 15) is 8.42 Å². The molecular formula is C17H14O2S3. The molecule has 0 aliphatic heterocycles. The van der Waals surface area contributed by atoms with Gasteiger partial charge in [0.2, 0.25) is 9.84 Å². The fraction of sp³-hybridized carbons (Fsp3) is 0.0588. The SMILES string of the molecule is Cc1cccc(Sc2cc(S(=O)(=O)c3ccccc3)cs2)c1. The van der Waals surface area contributed by atoms with E-state index < -0.39 is 9.84 Å². The largest absolute Gasteiger partial charge is 0.218 e. The van der Waals surface area contributed by atoms with E-state index in [0.29, 0.717) is 9.79 Å². The van der Waals surface area contributed by atoms with Crippen molar-refractivity contribution in [2.24, 2.45) is 0 Å². The Kier molecular flexibility index (Phi) is 4.38. The molecule has 3 aromatic rings. The number of rotatable bonds is 4. The first-order valence-electron chi connectivity index (χ1n) is 6.69. The van der Waals surface area contributed by atoms with Crippen LogP contribution in [0, 0.1) is 6.92 Å². The minimum Gasteiger partial charge on any atom is -0.218 e. The lowest BCUT2D eigenvalue weighted by atomic mass is 10.2. The van der Waals surface area contributed by atoms with E-state index in [1.807, 2.05) is 31.2 Å². The maximum absolute atomic E-state index is 12.6. The van der Waals surface area contributed by atoms with E-state index >= 15 is 0 Å². The Morgan fingerprint density at radius 1 is 0.909 bits per heavy atom. The van der Waals surface area contributed by atoms with Crippen molar-refractivity contribution in [3.63, 3.8) is 0 Å². The van der Waals surface area contributed by atoms with Gasteiger partial charge >= 0.3 is 0 Å². The fourth-order valence-electron chi connectivity index (χ4n) is 2.03. The summed E-state index contributed by atoms with van der Waals surface area (Å²) in [7, 11) is -3.42. The van der Waals surface area contributed by atoms with E-state index in [-0.39, 0.29) is 0 Å². The molecule has 0 bridgehead atoms. The maximum atomic E-state index is 12.6. The third kappa shape index (κ3) is 3.27. The van der Waals surface area contributed by atoms with Crippen molar-refractivity contribution in [1.29, 1.82) is 0 Å². The smallest absolute Gasteiger partial charge is 0.207 e. The molecule has 0 N–H and O–H groups in total. The fourth-order valence-corrected chi connectivity index (χ4v) is 5.82. The molecule has 0 atom stereocenters. The van der Waals surface area contributed by atoms with E-state index in [0.717, 1.165) is 9.10 Å². The first kappa shape index (κ1) is 15.3. The van der Waals surface area contributed by atoms with Crippen LogP contribution >= 0.6 is 23.1 Å². The normalized spacial score (nSPS) is 11.5. The second-order valence-corrected chi connectivity index (χ2v) is 9.07. The van der Waals surface area contributed by atoms with Crippen molar-refractivity contribution >= 4 is 32.9 Å². The average molecular weight is 346 g/mol. The first-order valence-corrected chi connectivity index (χ1v) is 9.87. The average Bonchev–Trinajstić information content (AvgIpc) is 2.97. The summed E-state index contributed by atoms with van der Waals surface area (Å²) in [6.07, 6.45) is 0. The summed E-state index contributed by atoms with van der Waals surface area (Å²) in [4.78, 5) is 1.81. The van der Waals surface area contributed by atoms with Crippen LogP contribution in [0.1, 0.15) is 5.56 Å². The first-order chi connectivity index (χ1) is 10.6. The van der Waals surface area contributed by atoms with Gasteiger partial charge in [0.05, 0.1) is 14.0 Å². The van der Waals surface area contributed by atoms with Gasteiger partial charge in [-0.15, -0.1) is 11.3 Å². The van der Waals surface area contributed by atoms with Gasteiger partial charge in [-0.2, -0.15) is 0 Å². The quantitative estimate of drug-likeness (QED) is 0.663. The van der Waals surface area contributed by atoms with Crippen LogP contribution in [0.15, 0.2) is 84.9 Å². The molecule has 3 rings (SSSR count). The van der Waals surface area contributed by atoms with Gasteiger partial charge in [0.1, 0.15) is 0 Å². The maximum Gasteiger partial charge on any atom is 0.207 e. The van der Waals surface area contributed by atoms with Crippen molar-refractivity contribution in [1.82, 2.24) is 0 Å². The summed E-state index contributed by atoms with van der Waals surface area (Å²) in [5, 5.41) is 1.71. The van der Waals surface area contributed by atoms with Gasteiger partial charge in [0, 0.05) is 10.3 Å². The highest BCUT2D eigenvalue weighted by Gasteiger charge is 2.19. The van der Waals surface area contributed by atoms with Crippen molar-refractivity contribution in [2.75, 3.05) is 0 Å². The molecule has 1 heterocycles. The van der Waals surface area contributed by atoms with Gasteiger partial charge in [-0.05, 0) is 37.3 Å². The Hall–Kier alpha value is -1.56. The molecule has 2 aromatic carbocycles. The summed E-state index contributed by atoms with van der Waals surface area (Å²) in [5.74, 6) is 0. The lowest BCUT2D eigenvalue weighted by molar-refractivity contribution is 0.596. The molecular weight excluding hydrogens is 332 g/mol. The zero-order valence-corrected chi connectivity index (χ0v) is 14.3. The highest BCUT2D eigenvalue weighted by Crippen LogP contribution is 2.35. The molecule has 0 aliphatic rings. The summed E-state index contributed by atoms with van der Waals surface area (Å²) < 4.78 is 26.1. The zero-order chi connectivity index (χ0) is 15.6. The van der Waals surface area contributed by atoms with Crippen molar-refractivity contribution in [3.8, 4) is 0 Å². The lowest BCUT2D eigenvalue weighted by Gasteiger charge is -2.01. The molecule has 0 radical (unpaired) electrons. The van der Waals surface area contributed by atoms with E-state index in [1.165, 1.54) is 16.9 Å².